The number of hydrogen-bond acceptors (Lipinski definition) is 1. The Hall–Kier alpha value is -2.93. The predicted molar refractivity (Wildman–Crippen MR) is 106 cm³/mol. The van der Waals surface area contributed by atoms with Gasteiger partial charge in [-0.15, -0.1) is 0 Å². The van der Waals surface area contributed by atoms with Crippen LogP contribution in [0.25, 0.3) is 17.2 Å². The first-order valence-electron chi connectivity index (χ1n) is 8.61. The molecule has 1 nitrogen and oxygen atoms in total. The van der Waals surface area contributed by atoms with Gasteiger partial charge in [-0.25, -0.2) is 0 Å². The molecular weight excluding hydrogens is 304 g/mol. The lowest BCUT2D eigenvalue weighted by molar-refractivity contribution is 0.104. The van der Waals surface area contributed by atoms with Crippen LogP contribution in [0.3, 0.4) is 0 Å². The van der Waals surface area contributed by atoms with Crippen molar-refractivity contribution in [1.29, 1.82) is 0 Å². The van der Waals surface area contributed by atoms with Crippen molar-refractivity contribution < 1.29 is 4.79 Å². The second-order valence-corrected chi connectivity index (χ2v) is 6.46. The summed E-state index contributed by atoms with van der Waals surface area (Å²) in [5, 5.41) is 0. The highest BCUT2D eigenvalue weighted by Gasteiger charge is 2.03. The zero-order valence-corrected chi connectivity index (χ0v) is 14.6. The molecule has 0 fully saturated rings. The van der Waals surface area contributed by atoms with Gasteiger partial charge in [0.25, 0.3) is 0 Å². The molecule has 0 aliphatic rings. The lowest BCUT2D eigenvalue weighted by Gasteiger charge is -2.04. The van der Waals surface area contributed by atoms with Crippen LogP contribution in [-0.4, -0.2) is 5.78 Å². The van der Waals surface area contributed by atoms with E-state index in [2.05, 4.69) is 50.2 Å². The Labute approximate surface area is 149 Å². The first-order chi connectivity index (χ1) is 12.1. The number of hydrogen-bond donors (Lipinski definition) is 0. The van der Waals surface area contributed by atoms with E-state index in [1.807, 2.05) is 48.5 Å². The van der Waals surface area contributed by atoms with Crippen LogP contribution in [0.15, 0.2) is 84.9 Å². The fraction of sp³-hybridized carbons (Fsp3) is 0.125. The van der Waals surface area contributed by atoms with Crippen molar-refractivity contribution in [2.75, 3.05) is 0 Å². The summed E-state index contributed by atoms with van der Waals surface area (Å²) in [4.78, 5) is 12.4. The third kappa shape index (κ3) is 4.33. The Balaban J connectivity index is 1.70. The molecule has 0 heterocycles. The van der Waals surface area contributed by atoms with Crippen LogP contribution in [0.5, 0.6) is 0 Å². The summed E-state index contributed by atoms with van der Waals surface area (Å²) in [5.41, 5.74) is 5.32. The van der Waals surface area contributed by atoms with Crippen LogP contribution >= 0.6 is 0 Å². The third-order valence-corrected chi connectivity index (χ3v) is 4.31. The first-order valence-corrected chi connectivity index (χ1v) is 8.61. The number of ketones is 1. The zero-order valence-electron chi connectivity index (χ0n) is 14.6. The van der Waals surface area contributed by atoms with Gasteiger partial charge in [0.05, 0.1) is 0 Å². The number of carbonyl (C=O) groups excluding carboxylic acids is 1. The van der Waals surface area contributed by atoms with Gasteiger partial charge in [0.2, 0.25) is 0 Å². The molecule has 0 N–H and O–H groups in total. The minimum Gasteiger partial charge on any atom is -0.289 e. The van der Waals surface area contributed by atoms with Gasteiger partial charge in [-0.05, 0) is 34.2 Å². The van der Waals surface area contributed by atoms with Crippen molar-refractivity contribution in [1.82, 2.24) is 0 Å². The van der Waals surface area contributed by atoms with E-state index in [-0.39, 0.29) is 5.78 Å². The van der Waals surface area contributed by atoms with Crippen molar-refractivity contribution in [2.24, 2.45) is 0 Å². The van der Waals surface area contributed by atoms with E-state index < -0.39 is 0 Å². The molecule has 0 aromatic heterocycles. The van der Waals surface area contributed by atoms with Gasteiger partial charge in [0, 0.05) is 5.56 Å². The second-order valence-electron chi connectivity index (χ2n) is 6.46. The first kappa shape index (κ1) is 16.9. The van der Waals surface area contributed by atoms with Gasteiger partial charge < -0.3 is 0 Å². The van der Waals surface area contributed by atoms with E-state index in [0.717, 1.165) is 16.7 Å². The summed E-state index contributed by atoms with van der Waals surface area (Å²) < 4.78 is 0. The van der Waals surface area contributed by atoms with Gasteiger partial charge >= 0.3 is 0 Å². The molecular formula is C24H22O. The Morgan fingerprint density at radius 1 is 0.760 bits per heavy atom. The van der Waals surface area contributed by atoms with E-state index >= 15 is 0 Å². The highest BCUT2D eigenvalue weighted by Crippen LogP contribution is 2.20. The minimum atomic E-state index is 0.0209. The highest BCUT2D eigenvalue weighted by molar-refractivity contribution is 6.07. The maximum Gasteiger partial charge on any atom is 0.185 e. The molecule has 0 saturated heterocycles. The topological polar surface area (TPSA) is 17.1 Å². The maximum atomic E-state index is 12.4. The number of rotatable bonds is 5. The summed E-state index contributed by atoms with van der Waals surface area (Å²) in [6, 6.07) is 26.3. The van der Waals surface area contributed by atoms with Gasteiger partial charge in [-0.2, -0.15) is 0 Å². The Bertz CT molecular complexity index is 854. The van der Waals surface area contributed by atoms with Crippen LogP contribution in [0.2, 0.25) is 0 Å². The van der Waals surface area contributed by atoms with E-state index in [0.29, 0.717) is 11.5 Å². The molecule has 25 heavy (non-hydrogen) atoms. The summed E-state index contributed by atoms with van der Waals surface area (Å²) in [6.45, 7) is 4.35. The molecule has 3 aromatic carbocycles. The summed E-state index contributed by atoms with van der Waals surface area (Å²) in [7, 11) is 0. The molecule has 3 aromatic rings. The lowest BCUT2D eigenvalue weighted by atomic mass is 10.0. The van der Waals surface area contributed by atoms with Crippen LogP contribution in [0, 0.1) is 0 Å². The number of allylic oxidation sites excluding steroid dienone is 1. The summed E-state index contributed by atoms with van der Waals surface area (Å²) in [5.74, 6) is 0.537. The summed E-state index contributed by atoms with van der Waals surface area (Å²) >= 11 is 0. The van der Waals surface area contributed by atoms with E-state index in [1.54, 1.807) is 6.08 Å². The molecule has 0 amide bonds. The molecule has 0 radical (unpaired) electrons. The number of carbonyl (C=O) groups is 1. The lowest BCUT2D eigenvalue weighted by Crippen LogP contribution is -1.94. The average Bonchev–Trinajstić information content (AvgIpc) is 2.67. The molecule has 0 unspecified atom stereocenters. The van der Waals surface area contributed by atoms with E-state index in [4.69, 9.17) is 0 Å². The predicted octanol–water partition coefficient (Wildman–Crippen LogP) is 6.37. The normalized spacial score (nSPS) is 11.2. The van der Waals surface area contributed by atoms with Gasteiger partial charge in [-0.3, -0.25) is 4.79 Å². The molecule has 0 aliphatic carbocycles. The van der Waals surface area contributed by atoms with Crippen LogP contribution < -0.4 is 0 Å². The quantitative estimate of drug-likeness (QED) is 0.393. The minimum absolute atomic E-state index is 0.0209. The summed E-state index contributed by atoms with van der Waals surface area (Å²) in [6.07, 6.45) is 3.51. The largest absolute Gasteiger partial charge is 0.289 e. The van der Waals surface area contributed by atoms with E-state index in [1.165, 1.54) is 5.56 Å². The van der Waals surface area contributed by atoms with Crippen molar-refractivity contribution in [3.63, 3.8) is 0 Å². The highest BCUT2D eigenvalue weighted by atomic mass is 16.1. The molecule has 0 bridgehead atoms. The van der Waals surface area contributed by atoms with Crippen molar-refractivity contribution >= 4 is 11.9 Å². The van der Waals surface area contributed by atoms with Gasteiger partial charge in [0.15, 0.2) is 5.78 Å². The van der Waals surface area contributed by atoms with Crippen molar-refractivity contribution in [3.8, 4) is 11.1 Å². The van der Waals surface area contributed by atoms with Gasteiger partial charge in [-0.1, -0.05) is 98.8 Å². The van der Waals surface area contributed by atoms with Crippen molar-refractivity contribution in [3.05, 3.63) is 102 Å². The fourth-order valence-corrected chi connectivity index (χ4v) is 2.72. The Morgan fingerprint density at radius 3 is 1.96 bits per heavy atom. The third-order valence-electron chi connectivity index (χ3n) is 4.31. The molecule has 0 aliphatic heterocycles. The molecule has 3 rings (SSSR count). The van der Waals surface area contributed by atoms with Crippen LogP contribution in [0.1, 0.15) is 41.3 Å². The zero-order chi connectivity index (χ0) is 17.6. The van der Waals surface area contributed by atoms with E-state index in [9.17, 15) is 4.79 Å². The fourth-order valence-electron chi connectivity index (χ4n) is 2.72. The SMILES string of the molecule is CC(C)c1ccc(C=CC(=O)c2ccc(-c3ccccc3)cc2)cc1. The molecule has 0 atom stereocenters. The molecule has 1 heteroatoms. The number of benzene rings is 3. The van der Waals surface area contributed by atoms with Crippen LogP contribution in [0.4, 0.5) is 0 Å². The maximum absolute atomic E-state index is 12.4. The monoisotopic (exact) mass is 326 g/mol. The molecule has 124 valence electrons. The van der Waals surface area contributed by atoms with Gasteiger partial charge in [0.1, 0.15) is 0 Å². The second kappa shape index (κ2) is 7.76. The Morgan fingerprint density at radius 2 is 1.36 bits per heavy atom. The van der Waals surface area contributed by atoms with Crippen LogP contribution in [-0.2, 0) is 0 Å². The smallest absolute Gasteiger partial charge is 0.185 e. The molecule has 0 spiro atoms. The molecule has 0 saturated carbocycles. The van der Waals surface area contributed by atoms with Crippen molar-refractivity contribution in [2.45, 2.75) is 19.8 Å². The average molecular weight is 326 g/mol. The standard InChI is InChI=1S/C24H22O/c1-18(2)20-11-8-19(9-12-20)10-17-24(25)23-15-13-22(14-16-23)21-6-4-3-5-7-21/h3-18H,1-2H3. The Kier molecular flexibility index (Phi) is 5.25.